The van der Waals surface area contributed by atoms with Crippen molar-refractivity contribution in [3.63, 3.8) is 0 Å². The van der Waals surface area contributed by atoms with E-state index in [1.807, 2.05) is 19.2 Å². The zero-order valence-electron chi connectivity index (χ0n) is 14.1. The third-order valence-corrected chi connectivity index (χ3v) is 4.21. The number of aliphatic hydroxyl groups excluding tert-OH is 1. The van der Waals surface area contributed by atoms with Crippen LogP contribution in [-0.2, 0) is 6.42 Å². The van der Waals surface area contributed by atoms with Gasteiger partial charge in [0.15, 0.2) is 0 Å². The summed E-state index contributed by atoms with van der Waals surface area (Å²) in [5.41, 5.74) is 0.882. The Bertz CT molecular complexity index is 620. The second kappa shape index (κ2) is 7.43. The summed E-state index contributed by atoms with van der Waals surface area (Å²) in [4.78, 5) is 6.55. The molecular formula is C17H24ClN3O2. The minimum Gasteiger partial charge on any atom is -0.395 e. The Morgan fingerprint density at radius 2 is 1.91 bits per heavy atom. The van der Waals surface area contributed by atoms with Crippen LogP contribution in [0.5, 0.6) is 0 Å². The first-order chi connectivity index (χ1) is 10.8. The lowest BCUT2D eigenvalue weighted by atomic mass is 9.86. The van der Waals surface area contributed by atoms with Crippen LogP contribution in [-0.4, -0.2) is 46.4 Å². The van der Waals surface area contributed by atoms with Gasteiger partial charge in [0, 0.05) is 29.6 Å². The molecule has 2 aromatic rings. The summed E-state index contributed by atoms with van der Waals surface area (Å²) in [5, 5.41) is 14.3. The number of likely N-dealkylation sites (N-methyl/N-ethyl adjacent to an activating group) is 1. The first kappa shape index (κ1) is 17.9. The van der Waals surface area contributed by atoms with Gasteiger partial charge in [-0.15, -0.1) is 0 Å². The van der Waals surface area contributed by atoms with Gasteiger partial charge in [-0.05, 0) is 36.7 Å². The van der Waals surface area contributed by atoms with Crippen molar-refractivity contribution >= 4 is 11.6 Å². The lowest BCUT2D eigenvalue weighted by Crippen LogP contribution is -2.45. The molecule has 1 aromatic heterocycles. The lowest BCUT2D eigenvalue weighted by molar-refractivity contribution is 0.0656. The molecule has 1 N–H and O–H groups in total. The van der Waals surface area contributed by atoms with Gasteiger partial charge in [0.05, 0.1) is 6.61 Å². The highest BCUT2D eigenvalue weighted by atomic mass is 35.5. The number of halogens is 1. The largest absolute Gasteiger partial charge is 0.395 e. The molecule has 1 aromatic carbocycles. The fourth-order valence-electron chi connectivity index (χ4n) is 2.57. The topological polar surface area (TPSA) is 62.4 Å². The monoisotopic (exact) mass is 337 g/mol. The molecule has 1 unspecified atom stereocenters. The molecule has 6 heteroatoms. The van der Waals surface area contributed by atoms with Crippen molar-refractivity contribution in [3.8, 4) is 11.4 Å². The van der Waals surface area contributed by atoms with Crippen LogP contribution in [0.15, 0.2) is 28.8 Å². The molecule has 0 amide bonds. The quantitative estimate of drug-likeness (QED) is 0.876. The highest BCUT2D eigenvalue weighted by Crippen LogP contribution is 2.23. The van der Waals surface area contributed by atoms with Gasteiger partial charge >= 0.3 is 0 Å². The summed E-state index contributed by atoms with van der Waals surface area (Å²) in [6.45, 7) is 7.23. The first-order valence-electron chi connectivity index (χ1n) is 7.71. The smallest absolute Gasteiger partial charge is 0.228 e. The number of aliphatic hydroxyl groups is 1. The van der Waals surface area contributed by atoms with E-state index in [1.165, 1.54) is 0 Å². The van der Waals surface area contributed by atoms with E-state index in [-0.39, 0.29) is 18.1 Å². The van der Waals surface area contributed by atoms with Crippen LogP contribution in [0, 0.1) is 5.41 Å². The Balaban J connectivity index is 1.98. The maximum atomic E-state index is 9.60. The van der Waals surface area contributed by atoms with Crippen molar-refractivity contribution in [2.24, 2.45) is 5.41 Å². The molecule has 0 saturated heterocycles. The normalized spacial score (nSPS) is 13.5. The van der Waals surface area contributed by atoms with Crippen molar-refractivity contribution in [2.75, 3.05) is 20.2 Å². The van der Waals surface area contributed by atoms with Crippen molar-refractivity contribution in [1.82, 2.24) is 15.0 Å². The summed E-state index contributed by atoms with van der Waals surface area (Å²) in [6.07, 6.45) is 0.643. The molecule has 1 heterocycles. The summed E-state index contributed by atoms with van der Waals surface area (Å²) >= 11 is 5.88. The number of aromatic nitrogens is 2. The van der Waals surface area contributed by atoms with E-state index >= 15 is 0 Å². The molecule has 0 aliphatic rings. The second-order valence-corrected chi connectivity index (χ2v) is 7.25. The second-order valence-electron chi connectivity index (χ2n) is 6.81. The number of benzene rings is 1. The Morgan fingerprint density at radius 1 is 1.26 bits per heavy atom. The van der Waals surface area contributed by atoms with Gasteiger partial charge < -0.3 is 14.5 Å². The highest BCUT2D eigenvalue weighted by molar-refractivity contribution is 6.30. The summed E-state index contributed by atoms with van der Waals surface area (Å²) in [6, 6.07) is 7.42. The van der Waals surface area contributed by atoms with Gasteiger partial charge in [0.25, 0.3) is 0 Å². The molecule has 0 radical (unpaired) electrons. The first-order valence-corrected chi connectivity index (χ1v) is 8.08. The minimum absolute atomic E-state index is 0.00676. The summed E-state index contributed by atoms with van der Waals surface area (Å²) in [5.74, 6) is 1.15. The molecule has 0 aliphatic carbocycles. The minimum atomic E-state index is 0.00676. The van der Waals surface area contributed by atoms with Gasteiger partial charge in [0.1, 0.15) is 0 Å². The Morgan fingerprint density at radius 3 is 2.48 bits per heavy atom. The highest BCUT2D eigenvalue weighted by Gasteiger charge is 2.27. The molecule has 0 fully saturated rings. The summed E-state index contributed by atoms with van der Waals surface area (Å²) < 4.78 is 5.32. The van der Waals surface area contributed by atoms with Gasteiger partial charge in [-0.2, -0.15) is 4.98 Å². The zero-order chi connectivity index (χ0) is 17.0. The van der Waals surface area contributed by atoms with Crippen LogP contribution in [0.4, 0.5) is 0 Å². The van der Waals surface area contributed by atoms with E-state index in [0.29, 0.717) is 23.2 Å². The van der Waals surface area contributed by atoms with Gasteiger partial charge in [-0.3, -0.25) is 0 Å². The van der Waals surface area contributed by atoms with Crippen LogP contribution in [0.1, 0.15) is 26.7 Å². The van der Waals surface area contributed by atoms with Crippen molar-refractivity contribution in [2.45, 2.75) is 33.2 Å². The fraction of sp³-hybridized carbons (Fsp3) is 0.529. The molecule has 0 bridgehead atoms. The molecule has 0 saturated carbocycles. The number of nitrogens with zero attached hydrogens (tertiary/aromatic N) is 3. The number of hydrogen-bond acceptors (Lipinski definition) is 5. The van der Waals surface area contributed by atoms with E-state index in [9.17, 15) is 5.11 Å². The molecule has 1 atom stereocenters. The van der Waals surface area contributed by atoms with Gasteiger partial charge in [-0.25, -0.2) is 0 Å². The van der Waals surface area contributed by atoms with Crippen molar-refractivity contribution in [3.05, 3.63) is 35.2 Å². The predicted molar refractivity (Wildman–Crippen MR) is 91.4 cm³/mol. The standard InChI is InChI=1S/C17H24ClN3O2/c1-17(2,3)14(11-22)21(4)10-9-15-19-16(20-23-15)12-5-7-13(18)8-6-12/h5-8,14,22H,9-11H2,1-4H3. The molecule has 2 rings (SSSR count). The maximum Gasteiger partial charge on any atom is 0.228 e. The Kier molecular flexibility index (Phi) is 5.79. The van der Waals surface area contributed by atoms with E-state index in [2.05, 4.69) is 35.8 Å². The van der Waals surface area contributed by atoms with E-state index in [1.54, 1.807) is 12.1 Å². The van der Waals surface area contributed by atoms with Crippen molar-refractivity contribution < 1.29 is 9.63 Å². The van der Waals surface area contributed by atoms with Gasteiger partial charge in [-0.1, -0.05) is 37.5 Å². The Labute approximate surface area is 142 Å². The van der Waals surface area contributed by atoms with Crippen LogP contribution in [0.3, 0.4) is 0 Å². The third-order valence-electron chi connectivity index (χ3n) is 3.95. The predicted octanol–water partition coefficient (Wildman–Crippen LogP) is 3.27. The molecule has 0 spiro atoms. The van der Waals surface area contributed by atoms with E-state index in [4.69, 9.17) is 16.1 Å². The fourth-order valence-corrected chi connectivity index (χ4v) is 2.70. The van der Waals surface area contributed by atoms with Gasteiger partial charge in [0.2, 0.25) is 11.7 Å². The molecular weight excluding hydrogens is 314 g/mol. The van der Waals surface area contributed by atoms with Crippen LogP contribution in [0.2, 0.25) is 5.02 Å². The van der Waals surface area contributed by atoms with Crippen LogP contribution >= 0.6 is 11.6 Å². The average Bonchev–Trinajstić information content (AvgIpc) is 2.94. The molecule has 5 nitrogen and oxygen atoms in total. The average molecular weight is 338 g/mol. The molecule has 23 heavy (non-hydrogen) atoms. The molecule has 126 valence electrons. The van der Waals surface area contributed by atoms with Crippen LogP contribution < -0.4 is 0 Å². The van der Waals surface area contributed by atoms with E-state index in [0.717, 1.165) is 12.1 Å². The summed E-state index contributed by atoms with van der Waals surface area (Å²) in [7, 11) is 2.00. The third kappa shape index (κ3) is 4.77. The lowest BCUT2D eigenvalue weighted by Gasteiger charge is -2.36. The number of hydrogen-bond donors (Lipinski definition) is 1. The Hall–Kier alpha value is -1.43. The van der Waals surface area contributed by atoms with Crippen LogP contribution in [0.25, 0.3) is 11.4 Å². The molecule has 0 aliphatic heterocycles. The zero-order valence-corrected chi connectivity index (χ0v) is 14.8. The van der Waals surface area contributed by atoms with Crippen molar-refractivity contribution in [1.29, 1.82) is 0 Å². The number of rotatable bonds is 6. The maximum absolute atomic E-state index is 9.60. The van der Waals surface area contributed by atoms with E-state index < -0.39 is 0 Å². The SMILES string of the molecule is CN(CCc1nc(-c2ccc(Cl)cc2)no1)C(CO)C(C)(C)C.